The molecule has 0 heterocycles. The molecular formula is C27H45NO3. The molecule has 4 aliphatic carbocycles. The lowest BCUT2D eigenvalue weighted by Gasteiger charge is -2.58. The van der Waals surface area contributed by atoms with E-state index >= 15 is 0 Å². The smallest absolute Gasteiger partial charge is 0.246 e. The van der Waals surface area contributed by atoms with Crippen LogP contribution in [0, 0.1) is 56.5 Å². The van der Waals surface area contributed by atoms with E-state index in [1.54, 1.807) is 0 Å². The second kappa shape index (κ2) is 8.47. The van der Waals surface area contributed by atoms with E-state index in [0.717, 1.165) is 36.2 Å². The second-order valence-electron chi connectivity index (χ2n) is 12.6. The van der Waals surface area contributed by atoms with Gasteiger partial charge >= 0.3 is 0 Å². The van der Waals surface area contributed by atoms with Crippen molar-refractivity contribution in [1.29, 1.82) is 0 Å². The van der Waals surface area contributed by atoms with Gasteiger partial charge in [-0.05, 0) is 84.9 Å². The fourth-order valence-electron chi connectivity index (χ4n) is 8.96. The van der Waals surface area contributed by atoms with Crippen LogP contribution in [0.1, 0.15) is 105 Å². The molecule has 0 radical (unpaired) electrons. The van der Waals surface area contributed by atoms with Gasteiger partial charge in [-0.3, -0.25) is 10.1 Å². The fourth-order valence-corrected chi connectivity index (χ4v) is 8.96. The highest BCUT2D eigenvalue weighted by Crippen LogP contribution is 2.68. The maximum Gasteiger partial charge on any atom is 0.246 e. The minimum absolute atomic E-state index is 0.0765. The Labute approximate surface area is 189 Å². The molecule has 0 amide bonds. The van der Waals surface area contributed by atoms with Crippen molar-refractivity contribution < 1.29 is 10.0 Å². The molecule has 0 aliphatic heterocycles. The van der Waals surface area contributed by atoms with E-state index in [1.807, 2.05) is 0 Å². The first-order chi connectivity index (χ1) is 14.6. The monoisotopic (exact) mass is 431 g/mol. The SMILES string of the molecule is CC(C)CCC[C@@H](C)[C@H]1CC[C@H]2[C@@H]3CC([N+](=O)[O-])=C4C[C@@H](O)CC[C@]4(C)[C@H]3CC[C@]12C. The van der Waals surface area contributed by atoms with Gasteiger partial charge < -0.3 is 5.11 Å². The Kier molecular flexibility index (Phi) is 6.35. The van der Waals surface area contributed by atoms with E-state index in [4.69, 9.17) is 0 Å². The lowest BCUT2D eigenvalue weighted by Crippen LogP contribution is -2.52. The van der Waals surface area contributed by atoms with E-state index in [-0.39, 0.29) is 10.3 Å². The molecule has 8 atom stereocenters. The van der Waals surface area contributed by atoms with Gasteiger partial charge in [0.05, 0.1) is 11.0 Å². The number of allylic oxidation sites excluding steroid dienone is 1. The zero-order valence-electron chi connectivity index (χ0n) is 20.5. The van der Waals surface area contributed by atoms with Crippen LogP contribution in [-0.4, -0.2) is 16.1 Å². The second-order valence-corrected chi connectivity index (χ2v) is 12.6. The van der Waals surface area contributed by atoms with E-state index in [0.29, 0.717) is 41.7 Å². The zero-order chi connectivity index (χ0) is 22.6. The Balaban J connectivity index is 1.59. The third-order valence-corrected chi connectivity index (χ3v) is 10.6. The summed E-state index contributed by atoms with van der Waals surface area (Å²) in [4.78, 5) is 12.0. The molecule has 3 fully saturated rings. The van der Waals surface area contributed by atoms with Crippen LogP contribution in [0.5, 0.6) is 0 Å². The largest absolute Gasteiger partial charge is 0.393 e. The number of aliphatic hydroxyl groups is 1. The summed E-state index contributed by atoms with van der Waals surface area (Å²) in [5.41, 5.74) is 1.74. The maximum atomic E-state index is 12.1. The van der Waals surface area contributed by atoms with Crippen molar-refractivity contribution in [2.75, 3.05) is 0 Å². The number of hydrogen-bond donors (Lipinski definition) is 1. The van der Waals surface area contributed by atoms with Crippen LogP contribution in [-0.2, 0) is 0 Å². The summed E-state index contributed by atoms with van der Waals surface area (Å²) in [5, 5.41) is 22.4. The summed E-state index contributed by atoms with van der Waals surface area (Å²) in [6, 6.07) is 0. The molecule has 176 valence electrons. The Morgan fingerprint density at radius 2 is 1.77 bits per heavy atom. The summed E-state index contributed by atoms with van der Waals surface area (Å²) < 4.78 is 0. The predicted molar refractivity (Wildman–Crippen MR) is 125 cm³/mol. The van der Waals surface area contributed by atoms with Crippen LogP contribution < -0.4 is 0 Å². The molecule has 4 heteroatoms. The molecule has 0 unspecified atom stereocenters. The van der Waals surface area contributed by atoms with Crippen molar-refractivity contribution in [2.45, 2.75) is 111 Å². The summed E-state index contributed by atoms with van der Waals surface area (Å²) in [7, 11) is 0. The van der Waals surface area contributed by atoms with Crippen molar-refractivity contribution >= 4 is 0 Å². The van der Waals surface area contributed by atoms with Crippen LogP contribution in [0.25, 0.3) is 0 Å². The molecule has 4 nitrogen and oxygen atoms in total. The van der Waals surface area contributed by atoms with Crippen molar-refractivity contribution in [3.63, 3.8) is 0 Å². The van der Waals surface area contributed by atoms with Crippen LogP contribution in [0.15, 0.2) is 11.3 Å². The first kappa shape index (κ1) is 23.3. The number of nitro groups is 1. The van der Waals surface area contributed by atoms with Gasteiger partial charge in [-0.15, -0.1) is 0 Å². The first-order valence-electron chi connectivity index (χ1n) is 13.1. The molecule has 0 spiro atoms. The number of nitrogens with zero attached hydrogens (tertiary/aromatic N) is 1. The van der Waals surface area contributed by atoms with Gasteiger partial charge in [0.25, 0.3) is 0 Å². The minimum atomic E-state index is -0.397. The molecule has 0 bridgehead atoms. The molecule has 3 saturated carbocycles. The van der Waals surface area contributed by atoms with Crippen molar-refractivity contribution in [2.24, 2.45) is 46.3 Å². The van der Waals surface area contributed by atoms with Crippen LogP contribution in [0.2, 0.25) is 0 Å². The highest BCUT2D eigenvalue weighted by Gasteiger charge is 2.61. The molecule has 0 aromatic rings. The van der Waals surface area contributed by atoms with E-state index < -0.39 is 6.10 Å². The quantitative estimate of drug-likeness (QED) is 0.364. The van der Waals surface area contributed by atoms with Crippen LogP contribution in [0.4, 0.5) is 0 Å². The third kappa shape index (κ3) is 3.89. The molecule has 4 aliphatic rings. The molecule has 0 aromatic heterocycles. The van der Waals surface area contributed by atoms with Crippen molar-refractivity contribution in [3.05, 3.63) is 21.4 Å². The maximum absolute atomic E-state index is 12.1. The number of hydrogen-bond acceptors (Lipinski definition) is 3. The lowest BCUT2D eigenvalue weighted by molar-refractivity contribution is -0.434. The average molecular weight is 432 g/mol. The highest BCUT2D eigenvalue weighted by atomic mass is 16.6. The Morgan fingerprint density at radius 3 is 2.45 bits per heavy atom. The Hall–Kier alpha value is -0.900. The predicted octanol–water partition coefficient (Wildman–Crippen LogP) is 6.99. The van der Waals surface area contributed by atoms with Crippen LogP contribution in [0.3, 0.4) is 0 Å². The topological polar surface area (TPSA) is 63.4 Å². The summed E-state index contributed by atoms with van der Waals surface area (Å²) >= 11 is 0. The number of aliphatic hydroxyl groups excluding tert-OH is 1. The Bertz CT molecular complexity index is 730. The van der Waals surface area contributed by atoms with Gasteiger partial charge in [0.1, 0.15) is 0 Å². The first-order valence-corrected chi connectivity index (χ1v) is 13.1. The fraction of sp³-hybridized carbons (Fsp3) is 0.926. The number of fused-ring (bicyclic) bond motifs is 5. The van der Waals surface area contributed by atoms with Gasteiger partial charge in [-0.2, -0.15) is 0 Å². The van der Waals surface area contributed by atoms with E-state index in [2.05, 4.69) is 34.6 Å². The van der Waals surface area contributed by atoms with E-state index in [9.17, 15) is 15.2 Å². The third-order valence-electron chi connectivity index (χ3n) is 10.6. The van der Waals surface area contributed by atoms with Gasteiger partial charge in [-0.1, -0.05) is 53.9 Å². The average Bonchev–Trinajstić information content (AvgIpc) is 3.05. The van der Waals surface area contributed by atoms with Crippen molar-refractivity contribution in [1.82, 2.24) is 0 Å². The molecule has 4 rings (SSSR count). The lowest BCUT2D eigenvalue weighted by atomic mass is 9.46. The van der Waals surface area contributed by atoms with Crippen molar-refractivity contribution in [3.8, 4) is 0 Å². The molecule has 0 saturated heterocycles. The highest BCUT2D eigenvalue weighted by molar-refractivity contribution is 5.28. The number of rotatable bonds is 6. The zero-order valence-corrected chi connectivity index (χ0v) is 20.5. The molecular weight excluding hydrogens is 386 g/mol. The summed E-state index contributed by atoms with van der Waals surface area (Å²) in [6.07, 6.45) is 11.5. The van der Waals surface area contributed by atoms with Crippen LogP contribution >= 0.6 is 0 Å². The minimum Gasteiger partial charge on any atom is -0.393 e. The summed E-state index contributed by atoms with van der Waals surface area (Å²) in [6.45, 7) is 12.0. The summed E-state index contributed by atoms with van der Waals surface area (Å²) in [5.74, 6) is 3.96. The normalized spacial score (nSPS) is 43.4. The van der Waals surface area contributed by atoms with E-state index in [1.165, 1.54) is 44.9 Å². The molecule has 0 aromatic carbocycles. The van der Waals surface area contributed by atoms with Gasteiger partial charge in [0.15, 0.2) is 0 Å². The molecule has 1 N–H and O–H groups in total. The van der Waals surface area contributed by atoms with Gasteiger partial charge in [-0.25, -0.2) is 0 Å². The van der Waals surface area contributed by atoms with Gasteiger partial charge in [0.2, 0.25) is 5.70 Å². The molecule has 31 heavy (non-hydrogen) atoms. The standard InChI is InChI=1S/C27H45NO3/c1-17(2)7-6-8-18(3)21-9-10-22-20-16-25(28(30)31)24-15-19(29)11-13-27(24,5)23(20)12-14-26(21,22)4/h17-23,29H,6-16H2,1-5H3/t18-,19+,20+,21-,22+,23+,26-,27-/m1/s1. The van der Waals surface area contributed by atoms with Gasteiger partial charge in [0, 0.05) is 18.4 Å². The Morgan fingerprint density at radius 1 is 1.03 bits per heavy atom.